The van der Waals surface area contributed by atoms with Gasteiger partial charge in [-0.2, -0.15) is 0 Å². The van der Waals surface area contributed by atoms with Crippen LogP contribution in [0.4, 0.5) is 5.69 Å². The second kappa shape index (κ2) is 8.24. The molecule has 2 aromatic carbocycles. The van der Waals surface area contributed by atoms with Crippen LogP contribution in [-0.2, 0) is 11.3 Å². The highest BCUT2D eigenvalue weighted by Crippen LogP contribution is 2.39. The fourth-order valence-corrected chi connectivity index (χ4v) is 4.63. The van der Waals surface area contributed by atoms with Gasteiger partial charge in [-0.15, -0.1) is 11.8 Å². The van der Waals surface area contributed by atoms with E-state index in [-0.39, 0.29) is 17.2 Å². The Kier molecular flexibility index (Phi) is 5.54. The molecular weight excluding hydrogens is 440 g/mol. The third kappa shape index (κ3) is 4.15. The largest absolute Gasteiger partial charge is 0.467 e. The summed E-state index contributed by atoms with van der Waals surface area (Å²) in [5.41, 5.74) is 2.28. The van der Waals surface area contributed by atoms with Crippen molar-refractivity contribution in [3.05, 3.63) is 88.3 Å². The standard InChI is InChI=1S/C21H17BrN2O3S/c22-16-3-1-4-17(11-16)23-20(26)14-6-8-15(9-7-14)21-24(19(25)13-28-21)12-18-5-2-10-27-18/h1-11,21H,12-13H2,(H,23,26)/t21-/m0/s1. The quantitative estimate of drug-likeness (QED) is 0.581. The molecule has 142 valence electrons. The summed E-state index contributed by atoms with van der Waals surface area (Å²) in [4.78, 5) is 26.6. The van der Waals surface area contributed by atoms with Gasteiger partial charge in [-0.25, -0.2) is 0 Å². The van der Waals surface area contributed by atoms with Crippen molar-refractivity contribution in [2.75, 3.05) is 11.1 Å². The van der Waals surface area contributed by atoms with Gasteiger partial charge in [0.15, 0.2) is 0 Å². The van der Waals surface area contributed by atoms with E-state index in [1.807, 2.05) is 48.5 Å². The molecule has 1 aliphatic heterocycles. The van der Waals surface area contributed by atoms with Crippen LogP contribution in [0.25, 0.3) is 0 Å². The molecule has 1 aliphatic rings. The van der Waals surface area contributed by atoms with E-state index in [1.165, 1.54) is 0 Å². The molecule has 0 radical (unpaired) electrons. The molecule has 2 amide bonds. The average Bonchev–Trinajstić information content (AvgIpc) is 3.33. The van der Waals surface area contributed by atoms with Crippen LogP contribution in [0.15, 0.2) is 75.8 Å². The highest BCUT2D eigenvalue weighted by molar-refractivity contribution is 9.10. The zero-order chi connectivity index (χ0) is 19.5. The highest BCUT2D eigenvalue weighted by atomic mass is 79.9. The second-order valence-electron chi connectivity index (χ2n) is 6.35. The lowest BCUT2D eigenvalue weighted by Gasteiger charge is -2.23. The number of halogens is 1. The normalized spacial score (nSPS) is 16.4. The van der Waals surface area contributed by atoms with Crippen LogP contribution in [0.2, 0.25) is 0 Å². The molecule has 1 aromatic heterocycles. The SMILES string of the molecule is O=C(Nc1cccc(Br)c1)c1ccc([C@@H]2SCC(=O)N2Cc2ccco2)cc1. The number of furan rings is 1. The predicted molar refractivity (Wildman–Crippen MR) is 113 cm³/mol. The first-order valence-electron chi connectivity index (χ1n) is 8.70. The van der Waals surface area contributed by atoms with E-state index in [1.54, 1.807) is 35.1 Å². The van der Waals surface area contributed by atoms with Gasteiger partial charge in [-0.3, -0.25) is 9.59 Å². The summed E-state index contributed by atoms with van der Waals surface area (Å²) < 4.78 is 6.29. The molecule has 7 heteroatoms. The van der Waals surface area contributed by atoms with Crippen LogP contribution in [-0.4, -0.2) is 22.5 Å². The molecule has 0 saturated carbocycles. The summed E-state index contributed by atoms with van der Waals surface area (Å²) in [5, 5.41) is 2.80. The number of carbonyl (C=O) groups is 2. The Balaban J connectivity index is 1.47. The van der Waals surface area contributed by atoms with Gasteiger partial charge in [-0.05, 0) is 48.0 Å². The number of hydrogen-bond acceptors (Lipinski definition) is 4. The Morgan fingerprint density at radius 1 is 1.18 bits per heavy atom. The van der Waals surface area contributed by atoms with Crippen molar-refractivity contribution >= 4 is 45.2 Å². The Bertz CT molecular complexity index is 989. The zero-order valence-electron chi connectivity index (χ0n) is 14.8. The van der Waals surface area contributed by atoms with Gasteiger partial charge >= 0.3 is 0 Å². The summed E-state index contributed by atoms with van der Waals surface area (Å²) >= 11 is 4.98. The fourth-order valence-electron chi connectivity index (χ4n) is 3.04. The molecule has 0 unspecified atom stereocenters. The molecule has 1 N–H and O–H groups in total. The van der Waals surface area contributed by atoms with E-state index in [0.717, 1.165) is 21.5 Å². The van der Waals surface area contributed by atoms with Crippen LogP contribution in [0, 0.1) is 0 Å². The molecule has 1 fully saturated rings. The molecule has 2 heterocycles. The van der Waals surface area contributed by atoms with Gasteiger partial charge in [0.1, 0.15) is 11.1 Å². The second-order valence-corrected chi connectivity index (χ2v) is 8.34. The molecule has 0 spiro atoms. The van der Waals surface area contributed by atoms with Gasteiger partial charge in [0.25, 0.3) is 5.91 Å². The molecule has 1 atom stereocenters. The minimum absolute atomic E-state index is 0.0835. The molecule has 0 bridgehead atoms. The summed E-state index contributed by atoms with van der Waals surface area (Å²) in [7, 11) is 0. The summed E-state index contributed by atoms with van der Waals surface area (Å²) in [6.45, 7) is 0.439. The molecule has 4 rings (SSSR count). The van der Waals surface area contributed by atoms with E-state index in [4.69, 9.17) is 4.42 Å². The Labute approximate surface area is 175 Å². The van der Waals surface area contributed by atoms with Crippen molar-refractivity contribution in [1.82, 2.24) is 4.90 Å². The number of benzene rings is 2. The number of nitrogens with zero attached hydrogens (tertiary/aromatic N) is 1. The highest BCUT2D eigenvalue weighted by Gasteiger charge is 2.33. The molecular formula is C21H17BrN2O3S. The third-order valence-electron chi connectivity index (χ3n) is 4.41. The monoisotopic (exact) mass is 456 g/mol. The zero-order valence-corrected chi connectivity index (χ0v) is 17.2. The Morgan fingerprint density at radius 3 is 2.71 bits per heavy atom. The van der Waals surface area contributed by atoms with Crippen molar-refractivity contribution in [3.8, 4) is 0 Å². The van der Waals surface area contributed by atoms with Crippen molar-refractivity contribution in [1.29, 1.82) is 0 Å². The van der Waals surface area contributed by atoms with E-state index < -0.39 is 0 Å². The van der Waals surface area contributed by atoms with Gasteiger partial charge < -0.3 is 14.6 Å². The minimum atomic E-state index is -0.174. The van der Waals surface area contributed by atoms with Crippen LogP contribution in [0.5, 0.6) is 0 Å². The van der Waals surface area contributed by atoms with E-state index >= 15 is 0 Å². The predicted octanol–water partition coefficient (Wildman–Crippen LogP) is 5.07. The van der Waals surface area contributed by atoms with Gasteiger partial charge in [-0.1, -0.05) is 34.1 Å². The molecule has 5 nitrogen and oxygen atoms in total. The average molecular weight is 457 g/mol. The molecule has 3 aromatic rings. The number of thioether (sulfide) groups is 1. The van der Waals surface area contributed by atoms with E-state index in [9.17, 15) is 9.59 Å². The van der Waals surface area contributed by atoms with E-state index in [0.29, 0.717) is 17.9 Å². The lowest BCUT2D eigenvalue weighted by Crippen LogP contribution is -2.27. The van der Waals surface area contributed by atoms with Gasteiger partial charge in [0.2, 0.25) is 5.91 Å². The maximum absolute atomic E-state index is 12.5. The van der Waals surface area contributed by atoms with Crippen LogP contribution in [0.3, 0.4) is 0 Å². The van der Waals surface area contributed by atoms with Crippen LogP contribution >= 0.6 is 27.7 Å². The van der Waals surface area contributed by atoms with Gasteiger partial charge in [0.05, 0.1) is 18.6 Å². The maximum Gasteiger partial charge on any atom is 0.255 e. The first-order chi connectivity index (χ1) is 13.6. The van der Waals surface area contributed by atoms with Crippen molar-refractivity contribution in [2.24, 2.45) is 0 Å². The lowest BCUT2D eigenvalue weighted by molar-refractivity contribution is -0.128. The maximum atomic E-state index is 12.5. The summed E-state index contributed by atoms with van der Waals surface area (Å²) in [5.74, 6) is 1.11. The molecule has 28 heavy (non-hydrogen) atoms. The van der Waals surface area contributed by atoms with Crippen molar-refractivity contribution in [2.45, 2.75) is 11.9 Å². The number of hydrogen-bond donors (Lipinski definition) is 1. The number of anilines is 1. The first-order valence-corrected chi connectivity index (χ1v) is 10.5. The third-order valence-corrected chi connectivity index (χ3v) is 6.16. The van der Waals surface area contributed by atoms with Crippen LogP contribution < -0.4 is 5.32 Å². The fraction of sp³-hybridized carbons (Fsp3) is 0.143. The molecule has 1 saturated heterocycles. The minimum Gasteiger partial charge on any atom is -0.467 e. The van der Waals surface area contributed by atoms with Crippen molar-refractivity contribution in [3.63, 3.8) is 0 Å². The molecule has 0 aliphatic carbocycles. The number of nitrogens with one attached hydrogen (secondary N) is 1. The Hall–Kier alpha value is -2.51. The first kappa shape index (κ1) is 18.8. The van der Waals surface area contributed by atoms with Gasteiger partial charge in [0, 0.05) is 15.7 Å². The topological polar surface area (TPSA) is 62.6 Å². The van der Waals surface area contributed by atoms with Crippen LogP contribution in [0.1, 0.15) is 27.1 Å². The van der Waals surface area contributed by atoms with Crippen molar-refractivity contribution < 1.29 is 14.0 Å². The summed E-state index contributed by atoms with van der Waals surface area (Å²) in [6.07, 6.45) is 1.61. The number of amides is 2. The van der Waals surface area contributed by atoms with E-state index in [2.05, 4.69) is 21.2 Å². The lowest BCUT2D eigenvalue weighted by atomic mass is 10.1. The number of carbonyl (C=O) groups excluding carboxylic acids is 2. The summed E-state index contributed by atoms with van der Waals surface area (Å²) in [6, 6.07) is 18.5. The number of rotatable bonds is 5. The Morgan fingerprint density at radius 2 is 2.00 bits per heavy atom. The smallest absolute Gasteiger partial charge is 0.255 e.